The molecule has 106 valence electrons. The highest BCUT2D eigenvalue weighted by Crippen LogP contribution is 2.25. The van der Waals surface area contributed by atoms with Crippen LogP contribution in [0.25, 0.3) is 0 Å². The average molecular weight is 289 g/mol. The Bertz CT molecular complexity index is 537. The number of benzene rings is 1. The molecule has 20 heavy (non-hydrogen) atoms. The lowest BCUT2D eigenvalue weighted by Crippen LogP contribution is -2.23. The van der Waals surface area contributed by atoms with Gasteiger partial charge in [-0.25, -0.2) is 0 Å². The third-order valence-corrected chi connectivity index (χ3v) is 3.78. The van der Waals surface area contributed by atoms with Crippen molar-refractivity contribution in [1.82, 2.24) is 10.3 Å². The molecule has 2 rings (SSSR count). The van der Waals surface area contributed by atoms with Crippen LogP contribution in [0.2, 0.25) is 5.02 Å². The molecule has 1 N–H and O–H groups in total. The molecule has 0 saturated heterocycles. The molecular weight excluding hydrogens is 268 g/mol. The quantitative estimate of drug-likeness (QED) is 0.862. The van der Waals surface area contributed by atoms with E-state index in [1.165, 1.54) is 5.56 Å². The molecule has 2 nitrogen and oxygen atoms in total. The molecule has 3 heteroatoms. The van der Waals surface area contributed by atoms with Gasteiger partial charge in [0.1, 0.15) is 0 Å². The summed E-state index contributed by atoms with van der Waals surface area (Å²) in [5, 5.41) is 4.30. The number of halogens is 1. The van der Waals surface area contributed by atoms with E-state index in [4.69, 9.17) is 11.6 Å². The van der Waals surface area contributed by atoms with E-state index in [0.717, 1.165) is 35.7 Å². The van der Waals surface area contributed by atoms with E-state index < -0.39 is 0 Å². The Labute approximate surface area is 126 Å². The van der Waals surface area contributed by atoms with Crippen LogP contribution >= 0.6 is 11.6 Å². The first-order valence-electron chi connectivity index (χ1n) is 7.16. The van der Waals surface area contributed by atoms with Crippen molar-refractivity contribution >= 4 is 11.6 Å². The molecule has 2 aromatic rings. The summed E-state index contributed by atoms with van der Waals surface area (Å²) in [6.07, 6.45) is 3.83. The van der Waals surface area contributed by atoms with Crippen LogP contribution < -0.4 is 5.32 Å². The summed E-state index contributed by atoms with van der Waals surface area (Å²) in [5.74, 6) is 0. The van der Waals surface area contributed by atoms with Crippen LogP contribution in [0.4, 0.5) is 0 Å². The molecule has 1 aromatic carbocycles. The number of nitrogens with zero attached hydrogens (tertiary/aromatic N) is 1. The van der Waals surface area contributed by atoms with Crippen molar-refractivity contribution < 1.29 is 0 Å². The molecule has 0 spiro atoms. The summed E-state index contributed by atoms with van der Waals surface area (Å²) in [5.41, 5.74) is 3.50. The van der Waals surface area contributed by atoms with Crippen molar-refractivity contribution in [2.24, 2.45) is 0 Å². The number of aromatic nitrogens is 1. The topological polar surface area (TPSA) is 24.9 Å². The molecule has 1 unspecified atom stereocenters. The first kappa shape index (κ1) is 15.0. The fourth-order valence-electron chi connectivity index (χ4n) is 2.29. The second-order valence-electron chi connectivity index (χ2n) is 4.85. The number of hydrogen-bond donors (Lipinski definition) is 1. The first-order valence-corrected chi connectivity index (χ1v) is 7.54. The summed E-state index contributed by atoms with van der Waals surface area (Å²) in [4.78, 5) is 4.54. The third kappa shape index (κ3) is 3.81. The van der Waals surface area contributed by atoms with E-state index >= 15 is 0 Å². The van der Waals surface area contributed by atoms with Crippen molar-refractivity contribution in [3.63, 3.8) is 0 Å². The molecule has 0 aliphatic rings. The van der Waals surface area contributed by atoms with Crippen molar-refractivity contribution in [1.29, 1.82) is 0 Å². The van der Waals surface area contributed by atoms with Crippen molar-refractivity contribution in [3.05, 3.63) is 64.4 Å². The van der Waals surface area contributed by atoms with E-state index in [-0.39, 0.29) is 6.04 Å². The van der Waals surface area contributed by atoms with Crippen LogP contribution in [-0.4, -0.2) is 11.5 Å². The molecule has 0 aliphatic heterocycles. The number of hydrogen-bond acceptors (Lipinski definition) is 2. The van der Waals surface area contributed by atoms with Gasteiger partial charge in [0.15, 0.2) is 0 Å². The average Bonchev–Trinajstić information content (AvgIpc) is 2.48. The minimum atomic E-state index is 0.202. The van der Waals surface area contributed by atoms with Crippen LogP contribution in [-0.2, 0) is 12.8 Å². The van der Waals surface area contributed by atoms with Crippen molar-refractivity contribution in [2.45, 2.75) is 32.7 Å². The highest BCUT2D eigenvalue weighted by atomic mass is 35.5. The van der Waals surface area contributed by atoms with Gasteiger partial charge in [0.25, 0.3) is 0 Å². The normalized spacial score (nSPS) is 12.3. The maximum absolute atomic E-state index is 6.31. The molecular formula is C17H21ClN2. The summed E-state index contributed by atoms with van der Waals surface area (Å²) in [6, 6.07) is 12.5. The summed E-state index contributed by atoms with van der Waals surface area (Å²) < 4.78 is 0. The Hall–Kier alpha value is -1.38. The number of pyridine rings is 1. The van der Waals surface area contributed by atoms with Gasteiger partial charge in [0.2, 0.25) is 0 Å². The fourth-order valence-corrected chi connectivity index (χ4v) is 2.56. The molecule has 0 radical (unpaired) electrons. The number of aryl methyl sites for hydroxylation is 1. The molecule has 0 aliphatic carbocycles. The SMILES string of the molecule is CCNC(Cc1ccc(CC)cn1)c1ccccc1Cl. The maximum Gasteiger partial charge on any atom is 0.0453 e. The van der Waals surface area contributed by atoms with Gasteiger partial charge in [-0.2, -0.15) is 0 Å². The Kier molecular flexibility index (Phi) is 5.57. The molecule has 1 aromatic heterocycles. The highest BCUT2D eigenvalue weighted by molar-refractivity contribution is 6.31. The lowest BCUT2D eigenvalue weighted by molar-refractivity contribution is 0.544. The van der Waals surface area contributed by atoms with Crippen LogP contribution in [0.1, 0.15) is 36.7 Å². The Morgan fingerprint density at radius 3 is 2.55 bits per heavy atom. The van der Waals surface area contributed by atoms with E-state index in [1.54, 1.807) is 0 Å². The van der Waals surface area contributed by atoms with Crippen LogP contribution in [0, 0.1) is 0 Å². The van der Waals surface area contributed by atoms with Gasteiger partial charge in [0, 0.05) is 29.4 Å². The van der Waals surface area contributed by atoms with Gasteiger partial charge in [-0.15, -0.1) is 0 Å². The molecule has 0 bridgehead atoms. The van der Waals surface area contributed by atoms with E-state index in [9.17, 15) is 0 Å². The molecule has 0 saturated carbocycles. The highest BCUT2D eigenvalue weighted by Gasteiger charge is 2.14. The van der Waals surface area contributed by atoms with Gasteiger partial charge in [0.05, 0.1) is 0 Å². The van der Waals surface area contributed by atoms with E-state index in [2.05, 4.69) is 42.3 Å². The van der Waals surface area contributed by atoms with Crippen molar-refractivity contribution in [3.8, 4) is 0 Å². The number of likely N-dealkylation sites (N-methyl/N-ethyl adjacent to an activating group) is 1. The monoisotopic (exact) mass is 288 g/mol. The summed E-state index contributed by atoms with van der Waals surface area (Å²) in [7, 11) is 0. The Morgan fingerprint density at radius 1 is 1.15 bits per heavy atom. The molecule has 0 amide bonds. The van der Waals surface area contributed by atoms with E-state index in [0.29, 0.717) is 0 Å². The second kappa shape index (κ2) is 7.41. The Balaban J connectivity index is 2.18. The predicted molar refractivity (Wildman–Crippen MR) is 85.2 cm³/mol. The maximum atomic E-state index is 6.31. The van der Waals surface area contributed by atoms with E-state index in [1.807, 2.05) is 24.4 Å². The zero-order valence-electron chi connectivity index (χ0n) is 12.1. The number of nitrogens with one attached hydrogen (secondary N) is 1. The van der Waals surface area contributed by atoms with Crippen LogP contribution in [0.5, 0.6) is 0 Å². The van der Waals surface area contributed by atoms with Crippen molar-refractivity contribution in [2.75, 3.05) is 6.54 Å². The van der Waals surface area contributed by atoms with Gasteiger partial charge in [-0.1, -0.05) is 49.7 Å². The lowest BCUT2D eigenvalue weighted by atomic mass is 10.0. The zero-order chi connectivity index (χ0) is 14.4. The largest absolute Gasteiger partial charge is 0.310 e. The first-order chi connectivity index (χ1) is 9.74. The standard InChI is InChI=1S/C17H21ClN2/c1-3-13-9-10-14(20-12-13)11-17(19-4-2)15-7-5-6-8-16(15)18/h5-10,12,17,19H,3-4,11H2,1-2H3. The molecule has 1 heterocycles. The summed E-state index contributed by atoms with van der Waals surface area (Å²) in [6.45, 7) is 5.16. The molecule has 0 fully saturated rings. The van der Waals surface area contributed by atoms with Gasteiger partial charge >= 0.3 is 0 Å². The van der Waals surface area contributed by atoms with Gasteiger partial charge < -0.3 is 5.32 Å². The number of rotatable bonds is 6. The minimum absolute atomic E-state index is 0.202. The Morgan fingerprint density at radius 2 is 1.95 bits per heavy atom. The minimum Gasteiger partial charge on any atom is -0.310 e. The lowest BCUT2D eigenvalue weighted by Gasteiger charge is -2.19. The smallest absolute Gasteiger partial charge is 0.0453 e. The third-order valence-electron chi connectivity index (χ3n) is 3.44. The van der Waals surface area contributed by atoms with Crippen LogP contribution in [0.15, 0.2) is 42.6 Å². The second-order valence-corrected chi connectivity index (χ2v) is 5.25. The van der Waals surface area contributed by atoms with Crippen LogP contribution in [0.3, 0.4) is 0 Å². The van der Waals surface area contributed by atoms with Gasteiger partial charge in [-0.3, -0.25) is 4.98 Å². The summed E-state index contributed by atoms with van der Waals surface area (Å²) >= 11 is 6.31. The van der Waals surface area contributed by atoms with Gasteiger partial charge in [-0.05, 0) is 36.2 Å². The zero-order valence-corrected chi connectivity index (χ0v) is 12.8. The molecule has 1 atom stereocenters. The fraction of sp³-hybridized carbons (Fsp3) is 0.353. The predicted octanol–water partition coefficient (Wildman–Crippen LogP) is 4.19.